The molecule has 1 saturated carbocycles. The minimum absolute atomic E-state index is 0.0592. The Morgan fingerprint density at radius 1 is 1.23 bits per heavy atom. The van der Waals surface area contributed by atoms with Crippen LogP contribution in [0.25, 0.3) is 0 Å². The van der Waals surface area contributed by atoms with Gasteiger partial charge in [0.1, 0.15) is 0 Å². The highest BCUT2D eigenvalue weighted by atomic mass is 16.5. The van der Waals surface area contributed by atoms with E-state index in [1.165, 1.54) is 0 Å². The molecule has 0 aromatic carbocycles. The van der Waals surface area contributed by atoms with Crippen molar-refractivity contribution in [3.05, 3.63) is 0 Å². The Kier molecular flexibility index (Phi) is 5.85. The van der Waals surface area contributed by atoms with Crippen molar-refractivity contribution in [1.82, 2.24) is 10.2 Å². The molecule has 7 nitrogen and oxygen atoms in total. The van der Waals surface area contributed by atoms with Crippen molar-refractivity contribution < 1.29 is 24.2 Å². The first-order valence-corrected chi connectivity index (χ1v) is 9.79. The molecular formula is C19H30N2O5. The molecule has 0 bridgehead atoms. The van der Waals surface area contributed by atoms with Gasteiger partial charge in [-0.25, -0.2) is 0 Å². The van der Waals surface area contributed by atoms with Crippen LogP contribution < -0.4 is 5.32 Å². The molecule has 3 aliphatic rings. The summed E-state index contributed by atoms with van der Waals surface area (Å²) in [5.74, 6) is -0.715. The molecule has 2 N–H and O–H groups in total. The van der Waals surface area contributed by atoms with E-state index in [0.717, 1.165) is 25.7 Å². The highest BCUT2D eigenvalue weighted by Gasteiger charge is 2.42. The van der Waals surface area contributed by atoms with Crippen LogP contribution in [-0.4, -0.2) is 59.1 Å². The lowest BCUT2D eigenvalue weighted by Gasteiger charge is -2.37. The monoisotopic (exact) mass is 366 g/mol. The third-order valence-corrected chi connectivity index (χ3v) is 6.28. The van der Waals surface area contributed by atoms with Crippen LogP contribution in [0, 0.1) is 11.8 Å². The van der Waals surface area contributed by atoms with E-state index in [9.17, 15) is 19.5 Å². The number of hydrogen-bond acceptors (Lipinski definition) is 4. The normalized spacial score (nSPS) is 31.7. The lowest BCUT2D eigenvalue weighted by atomic mass is 9.85. The summed E-state index contributed by atoms with van der Waals surface area (Å²) in [7, 11) is 0. The highest BCUT2D eigenvalue weighted by molar-refractivity contribution is 5.90. The maximum atomic E-state index is 12.8. The van der Waals surface area contributed by atoms with Gasteiger partial charge in [-0.15, -0.1) is 0 Å². The Morgan fingerprint density at radius 3 is 2.50 bits per heavy atom. The molecule has 3 rings (SSSR count). The average molecular weight is 366 g/mol. The van der Waals surface area contributed by atoms with Crippen LogP contribution in [-0.2, 0) is 19.1 Å². The number of ether oxygens (including phenoxy) is 1. The van der Waals surface area contributed by atoms with E-state index >= 15 is 0 Å². The number of likely N-dealkylation sites (tertiary alicyclic amines) is 1. The zero-order chi connectivity index (χ0) is 18.7. The number of carbonyl (C=O) groups excluding carboxylic acids is 2. The second-order valence-electron chi connectivity index (χ2n) is 8.31. The van der Waals surface area contributed by atoms with Crippen molar-refractivity contribution in [2.45, 2.75) is 69.9 Å². The molecule has 3 fully saturated rings. The van der Waals surface area contributed by atoms with E-state index in [0.29, 0.717) is 38.5 Å². The van der Waals surface area contributed by atoms with Crippen molar-refractivity contribution in [2.75, 3.05) is 19.8 Å². The predicted molar refractivity (Wildman–Crippen MR) is 94.4 cm³/mol. The molecule has 0 aromatic heterocycles. The Morgan fingerprint density at radius 2 is 1.88 bits per heavy atom. The molecule has 2 amide bonds. The van der Waals surface area contributed by atoms with Crippen LogP contribution in [0.2, 0.25) is 0 Å². The Hall–Kier alpha value is -1.63. The number of nitrogens with one attached hydrogen (secondary N) is 1. The molecule has 1 aliphatic carbocycles. The number of hydrogen-bond donors (Lipinski definition) is 2. The molecule has 0 aromatic rings. The number of nitrogens with zero attached hydrogens (tertiary/aromatic N) is 1. The molecule has 2 aliphatic heterocycles. The Balaban J connectivity index is 1.60. The molecule has 26 heavy (non-hydrogen) atoms. The molecule has 146 valence electrons. The Labute approximate surface area is 154 Å². The summed E-state index contributed by atoms with van der Waals surface area (Å²) in [6.07, 6.45) is 5.42. The summed E-state index contributed by atoms with van der Waals surface area (Å²) in [5.41, 5.74) is -0.752. The van der Waals surface area contributed by atoms with Gasteiger partial charge in [0.25, 0.3) is 0 Å². The van der Waals surface area contributed by atoms with E-state index in [1.54, 1.807) is 0 Å². The van der Waals surface area contributed by atoms with Gasteiger partial charge in [-0.05, 0) is 44.4 Å². The van der Waals surface area contributed by atoms with E-state index < -0.39 is 11.5 Å². The number of carbonyl (C=O) groups is 3. The quantitative estimate of drug-likeness (QED) is 0.770. The summed E-state index contributed by atoms with van der Waals surface area (Å²) in [6, 6.07) is 0.257. The van der Waals surface area contributed by atoms with Gasteiger partial charge in [-0.3, -0.25) is 14.4 Å². The minimum atomic E-state index is -0.923. The molecule has 7 heteroatoms. The molecule has 1 unspecified atom stereocenters. The molecule has 0 spiro atoms. The fourth-order valence-electron chi connectivity index (χ4n) is 4.58. The third kappa shape index (κ3) is 4.37. The highest BCUT2D eigenvalue weighted by Crippen LogP contribution is 2.32. The molecule has 2 heterocycles. The van der Waals surface area contributed by atoms with Crippen molar-refractivity contribution in [3.8, 4) is 0 Å². The van der Waals surface area contributed by atoms with Crippen molar-refractivity contribution >= 4 is 17.8 Å². The van der Waals surface area contributed by atoms with Gasteiger partial charge in [-0.2, -0.15) is 0 Å². The van der Waals surface area contributed by atoms with Crippen LogP contribution in [0.15, 0.2) is 0 Å². The first kappa shape index (κ1) is 19.1. The van der Waals surface area contributed by atoms with Crippen LogP contribution in [0.4, 0.5) is 0 Å². The van der Waals surface area contributed by atoms with Crippen LogP contribution in [0.3, 0.4) is 0 Å². The second kappa shape index (κ2) is 7.94. The van der Waals surface area contributed by atoms with Gasteiger partial charge in [0.2, 0.25) is 11.8 Å². The van der Waals surface area contributed by atoms with Gasteiger partial charge in [0, 0.05) is 32.2 Å². The predicted octanol–water partition coefficient (Wildman–Crippen LogP) is 1.55. The smallest absolute Gasteiger partial charge is 0.305 e. The van der Waals surface area contributed by atoms with E-state index in [2.05, 4.69) is 12.2 Å². The van der Waals surface area contributed by atoms with E-state index in [-0.39, 0.29) is 36.6 Å². The summed E-state index contributed by atoms with van der Waals surface area (Å²) in [5, 5.41) is 12.2. The van der Waals surface area contributed by atoms with Crippen molar-refractivity contribution in [3.63, 3.8) is 0 Å². The average Bonchev–Trinajstić information content (AvgIpc) is 2.97. The number of amides is 2. The third-order valence-electron chi connectivity index (χ3n) is 6.28. The van der Waals surface area contributed by atoms with Crippen LogP contribution >= 0.6 is 0 Å². The van der Waals surface area contributed by atoms with Crippen LogP contribution in [0.5, 0.6) is 0 Å². The van der Waals surface area contributed by atoms with Gasteiger partial charge < -0.3 is 20.1 Å². The lowest BCUT2D eigenvalue weighted by Crippen LogP contribution is -2.55. The summed E-state index contributed by atoms with van der Waals surface area (Å²) >= 11 is 0. The number of carboxylic acid groups (broad SMARTS) is 1. The summed E-state index contributed by atoms with van der Waals surface area (Å²) in [6.45, 7) is 3.60. The zero-order valence-corrected chi connectivity index (χ0v) is 15.5. The maximum Gasteiger partial charge on any atom is 0.305 e. The molecule has 0 radical (unpaired) electrons. The topological polar surface area (TPSA) is 95.9 Å². The second-order valence-corrected chi connectivity index (χ2v) is 8.31. The number of rotatable bonds is 5. The van der Waals surface area contributed by atoms with E-state index in [4.69, 9.17) is 4.74 Å². The Bertz CT molecular complexity index is 550. The largest absolute Gasteiger partial charge is 0.481 e. The maximum absolute atomic E-state index is 12.8. The summed E-state index contributed by atoms with van der Waals surface area (Å²) < 4.78 is 5.33. The standard InChI is InChI=1S/C19H30N2O5/c1-13-2-4-15(5-3-13)21-12-14(10-16(21)22)18(25)20-19(11-17(23)24)6-8-26-9-7-19/h13-15H,2-12H2,1H3,(H,20,25)(H,23,24). The van der Waals surface area contributed by atoms with Gasteiger partial charge in [0.05, 0.1) is 17.9 Å². The fraction of sp³-hybridized carbons (Fsp3) is 0.842. The fourth-order valence-corrected chi connectivity index (χ4v) is 4.58. The van der Waals surface area contributed by atoms with Crippen molar-refractivity contribution in [1.29, 1.82) is 0 Å². The van der Waals surface area contributed by atoms with Crippen LogP contribution in [0.1, 0.15) is 58.3 Å². The molecule has 1 atom stereocenters. The van der Waals surface area contributed by atoms with Gasteiger partial charge in [0.15, 0.2) is 0 Å². The first-order valence-electron chi connectivity index (χ1n) is 9.79. The molecule has 2 saturated heterocycles. The summed E-state index contributed by atoms with van der Waals surface area (Å²) in [4.78, 5) is 38.4. The van der Waals surface area contributed by atoms with Crippen molar-refractivity contribution in [2.24, 2.45) is 11.8 Å². The van der Waals surface area contributed by atoms with E-state index in [1.807, 2.05) is 4.90 Å². The first-order chi connectivity index (χ1) is 12.4. The number of carboxylic acids is 1. The zero-order valence-electron chi connectivity index (χ0n) is 15.5. The molecular weight excluding hydrogens is 336 g/mol. The minimum Gasteiger partial charge on any atom is -0.481 e. The lowest BCUT2D eigenvalue weighted by molar-refractivity contribution is -0.141. The van der Waals surface area contributed by atoms with Gasteiger partial charge >= 0.3 is 5.97 Å². The SMILES string of the molecule is CC1CCC(N2CC(C(=O)NC3(CC(=O)O)CCOCC3)CC2=O)CC1. The number of aliphatic carboxylic acids is 1. The van der Waals surface area contributed by atoms with Gasteiger partial charge in [-0.1, -0.05) is 6.92 Å².